The number of nitrogens with zero attached hydrogens (tertiary/aromatic N) is 3. The quantitative estimate of drug-likeness (QED) is 0.400. The Morgan fingerprint density at radius 2 is 1.93 bits per heavy atom. The van der Waals surface area contributed by atoms with Crippen molar-refractivity contribution in [1.29, 1.82) is 5.26 Å². The highest BCUT2D eigenvalue weighted by Gasteiger charge is 2.48. The zero-order chi connectivity index (χ0) is 29.1. The number of nitrogens with one attached hydrogen (secondary N) is 1. The molecule has 0 radical (unpaired) electrons. The molecule has 210 valence electrons. The first kappa shape index (κ1) is 26.9. The van der Waals surface area contributed by atoms with Gasteiger partial charge in [0.05, 0.1) is 28.9 Å². The zero-order valence-electron chi connectivity index (χ0n) is 23.9. The number of benzene rings is 2. The number of carbonyl (C=O) groups is 2. The number of carbonyl (C=O) groups excluding carboxylic acids is 1. The third kappa shape index (κ3) is 4.17. The van der Waals surface area contributed by atoms with Gasteiger partial charge in [-0.05, 0) is 55.0 Å². The van der Waals surface area contributed by atoms with Gasteiger partial charge in [-0.25, -0.2) is 4.79 Å². The number of aromatic amines is 1. The van der Waals surface area contributed by atoms with E-state index in [1.54, 1.807) is 17.9 Å². The molecule has 6 rings (SSSR count). The number of amides is 1. The normalized spacial score (nSPS) is 19.8. The van der Waals surface area contributed by atoms with Crippen LogP contribution in [0.5, 0.6) is 0 Å². The van der Waals surface area contributed by atoms with Crippen LogP contribution in [0.2, 0.25) is 0 Å². The molecule has 3 heterocycles. The number of fused-ring (bicyclic) bond motifs is 6. The summed E-state index contributed by atoms with van der Waals surface area (Å²) >= 11 is 0. The molecule has 0 bridgehead atoms. The first-order valence-corrected chi connectivity index (χ1v) is 14.1. The molecule has 1 amide bonds. The van der Waals surface area contributed by atoms with Gasteiger partial charge in [0, 0.05) is 66.0 Å². The van der Waals surface area contributed by atoms with Crippen molar-refractivity contribution in [2.75, 3.05) is 37.7 Å². The number of anilines is 1. The van der Waals surface area contributed by atoms with Crippen molar-refractivity contribution < 1.29 is 19.4 Å². The first-order valence-electron chi connectivity index (χ1n) is 14.1. The van der Waals surface area contributed by atoms with Gasteiger partial charge in [0.15, 0.2) is 5.78 Å². The molecule has 2 N–H and O–H groups in total. The molecule has 2 fully saturated rings. The monoisotopic (exact) mass is 550 g/mol. The van der Waals surface area contributed by atoms with E-state index >= 15 is 0 Å². The van der Waals surface area contributed by atoms with E-state index in [1.165, 1.54) is 0 Å². The lowest BCUT2D eigenvalue weighted by molar-refractivity contribution is 0.0601. The molecule has 8 heteroatoms. The maximum atomic E-state index is 14.3. The lowest BCUT2D eigenvalue weighted by Gasteiger charge is -2.47. The van der Waals surface area contributed by atoms with Gasteiger partial charge in [-0.2, -0.15) is 5.26 Å². The predicted molar refractivity (Wildman–Crippen MR) is 156 cm³/mol. The molecule has 1 aliphatic carbocycles. The fourth-order valence-electron chi connectivity index (χ4n) is 7.01. The van der Waals surface area contributed by atoms with Crippen LogP contribution in [0.4, 0.5) is 10.5 Å². The fourth-order valence-corrected chi connectivity index (χ4v) is 7.01. The summed E-state index contributed by atoms with van der Waals surface area (Å²) in [5.41, 5.74) is 5.50. The number of hydrogen-bond donors (Lipinski definition) is 2. The molecule has 3 aliphatic rings. The third-order valence-corrected chi connectivity index (χ3v) is 9.10. The molecule has 1 unspecified atom stereocenters. The summed E-state index contributed by atoms with van der Waals surface area (Å²) in [6, 6.07) is 11.5. The van der Waals surface area contributed by atoms with E-state index in [2.05, 4.69) is 54.6 Å². The molecule has 1 aromatic heterocycles. The Morgan fingerprint density at radius 3 is 2.59 bits per heavy atom. The molecule has 8 nitrogen and oxygen atoms in total. The van der Waals surface area contributed by atoms with Crippen LogP contribution >= 0.6 is 0 Å². The Kier molecular flexibility index (Phi) is 6.36. The molecular weight excluding hydrogens is 516 g/mol. The van der Waals surface area contributed by atoms with Crippen molar-refractivity contribution in [2.45, 2.75) is 52.0 Å². The Balaban J connectivity index is 1.55. The Bertz CT molecular complexity index is 1690. The second-order valence-corrected chi connectivity index (χ2v) is 12.4. The van der Waals surface area contributed by atoms with E-state index in [0.29, 0.717) is 62.4 Å². The van der Waals surface area contributed by atoms with Crippen LogP contribution in [0.25, 0.3) is 10.9 Å². The summed E-state index contributed by atoms with van der Waals surface area (Å²) < 4.78 is 5.82. The zero-order valence-corrected chi connectivity index (χ0v) is 23.9. The van der Waals surface area contributed by atoms with Crippen LogP contribution in [0.1, 0.15) is 78.8 Å². The Morgan fingerprint density at radius 1 is 1.17 bits per heavy atom. The summed E-state index contributed by atoms with van der Waals surface area (Å²) in [5.74, 6) is 6.24. The minimum atomic E-state index is -0.902. The molecule has 3 aromatic rings. The van der Waals surface area contributed by atoms with Crippen molar-refractivity contribution in [1.82, 2.24) is 9.88 Å². The number of aromatic nitrogens is 1. The molecule has 1 spiro atoms. The predicted octanol–water partition coefficient (Wildman–Crippen LogP) is 5.27. The third-order valence-electron chi connectivity index (χ3n) is 9.10. The molecular formula is C33H34N4O4. The Hall–Kier alpha value is -4.27. The number of H-pyrrole nitrogens is 1. The van der Waals surface area contributed by atoms with Crippen LogP contribution in [-0.2, 0) is 10.2 Å². The van der Waals surface area contributed by atoms with E-state index in [1.807, 2.05) is 18.2 Å². The van der Waals surface area contributed by atoms with Gasteiger partial charge in [0.2, 0.25) is 0 Å². The van der Waals surface area contributed by atoms with Crippen LogP contribution in [-0.4, -0.2) is 65.8 Å². The minimum Gasteiger partial charge on any atom is -0.465 e. The number of nitriles is 1. The number of piperazine rings is 1. The standard InChI is InChI=1S/C33H34N4O4/c1-5-6-21-16-23-24(17-26(21)36-11-12-37(31(39)40)27(19-36)32(2,3)4)33(9-13-41-14-10-33)30-28(29(23)38)22-8-7-20(18-34)15-25(22)35-30/h7-8,15-17,27,35H,9-14,19H2,1-4H3,(H,39,40). The van der Waals surface area contributed by atoms with Crippen molar-refractivity contribution >= 4 is 28.5 Å². The summed E-state index contributed by atoms with van der Waals surface area (Å²) in [6.07, 6.45) is 0.531. The Labute approximate surface area is 239 Å². The fraction of sp³-hybridized carbons (Fsp3) is 0.424. The topological polar surface area (TPSA) is 110 Å². The first-order chi connectivity index (χ1) is 19.6. The average Bonchev–Trinajstić information content (AvgIpc) is 3.35. The van der Waals surface area contributed by atoms with Gasteiger partial charge in [0.1, 0.15) is 0 Å². The second kappa shape index (κ2) is 9.68. The SMILES string of the molecule is CC#Cc1cc2c(cc1N1CCN(C(=O)O)C(C(C)(C)C)C1)C1(CCOCC1)c1[nH]c3cc(C#N)ccc3c1C2=O. The van der Waals surface area contributed by atoms with Gasteiger partial charge in [0.25, 0.3) is 0 Å². The minimum absolute atomic E-state index is 0.0444. The average molecular weight is 551 g/mol. The summed E-state index contributed by atoms with van der Waals surface area (Å²) in [7, 11) is 0. The van der Waals surface area contributed by atoms with Gasteiger partial charge in [-0.1, -0.05) is 32.8 Å². The number of ketones is 1. The number of rotatable bonds is 1. The highest BCUT2D eigenvalue weighted by molar-refractivity contribution is 6.20. The van der Waals surface area contributed by atoms with Crippen LogP contribution in [0, 0.1) is 28.6 Å². The second-order valence-electron chi connectivity index (χ2n) is 12.4. The van der Waals surface area contributed by atoms with Gasteiger partial charge >= 0.3 is 6.09 Å². The maximum absolute atomic E-state index is 14.3. The van der Waals surface area contributed by atoms with E-state index < -0.39 is 11.5 Å². The molecule has 1 atom stereocenters. The van der Waals surface area contributed by atoms with Crippen molar-refractivity contribution in [3.05, 3.63) is 63.8 Å². The van der Waals surface area contributed by atoms with Crippen LogP contribution < -0.4 is 4.90 Å². The highest BCUT2D eigenvalue weighted by atomic mass is 16.5. The van der Waals surface area contributed by atoms with Gasteiger partial charge in [-0.3, -0.25) is 4.79 Å². The molecule has 2 aliphatic heterocycles. The van der Waals surface area contributed by atoms with Crippen molar-refractivity contribution in [3.63, 3.8) is 0 Å². The lowest BCUT2D eigenvalue weighted by Crippen LogP contribution is -2.59. The molecule has 2 saturated heterocycles. The smallest absolute Gasteiger partial charge is 0.407 e. The van der Waals surface area contributed by atoms with Crippen molar-refractivity contribution in [3.8, 4) is 17.9 Å². The number of hydrogen-bond acceptors (Lipinski definition) is 5. The van der Waals surface area contributed by atoms with Crippen molar-refractivity contribution in [2.24, 2.45) is 5.41 Å². The van der Waals surface area contributed by atoms with E-state index in [9.17, 15) is 20.0 Å². The number of ether oxygens (including phenoxy) is 1. The molecule has 0 saturated carbocycles. The van der Waals surface area contributed by atoms with E-state index in [0.717, 1.165) is 33.4 Å². The van der Waals surface area contributed by atoms with Crippen LogP contribution in [0.3, 0.4) is 0 Å². The van der Waals surface area contributed by atoms with E-state index in [-0.39, 0.29) is 17.2 Å². The van der Waals surface area contributed by atoms with E-state index in [4.69, 9.17) is 4.74 Å². The lowest BCUT2D eigenvalue weighted by atomic mass is 9.64. The van der Waals surface area contributed by atoms with Crippen LogP contribution in [0.15, 0.2) is 30.3 Å². The number of carboxylic acid groups (broad SMARTS) is 1. The molecule has 41 heavy (non-hydrogen) atoms. The van der Waals surface area contributed by atoms with Gasteiger partial charge < -0.3 is 24.6 Å². The molecule has 2 aromatic carbocycles. The maximum Gasteiger partial charge on any atom is 0.407 e. The highest BCUT2D eigenvalue weighted by Crippen LogP contribution is 2.51. The summed E-state index contributed by atoms with van der Waals surface area (Å²) in [4.78, 5) is 33.7. The summed E-state index contributed by atoms with van der Waals surface area (Å²) in [6.45, 7) is 10.6. The van der Waals surface area contributed by atoms with Gasteiger partial charge in [-0.15, -0.1) is 5.92 Å². The largest absolute Gasteiger partial charge is 0.465 e. The summed E-state index contributed by atoms with van der Waals surface area (Å²) in [5, 5.41) is 20.2.